The summed E-state index contributed by atoms with van der Waals surface area (Å²) in [6.07, 6.45) is 2.22. The van der Waals surface area contributed by atoms with E-state index in [2.05, 4.69) is 26.1 Å². The van der Waals surface area contributed by atoms with Crippen molar-refractivity contribution in [1.29, 1.82) is 0 Å². The number of rotatable bonds is 5. The topological polar surface area (TPSA) is 41.6 Å². The molecule has 1 aliphatic heterocycles. The van der Waals surface area contributed by atoms with Gasteiger partial charge in [0.05, 0.1) is 0 Å². The number of carbonyl (C=O) groups excluding carboxylic acids is 1. The minimum absolute atomic E-state index is 0.194. The van der Waals surface area contributed by atoms with Crippen molar-refractivity contribution in [3.05, 3.63) is 0 Å². The molecule has 1 rings (SSSR count). The first-order valence-corrected chi connectivity index (χ1v) is 7.45. The lowest BCUT2D eigenvalue weighted by atomic mass is 9.99. The fraction of sp³-hybridized carbons (Fsp3) is 0.933. The monoisotopic (exact) mass is 270 g/mol. The van der Waals surface area contributed by atoms with Crippen LogP contribution in [0.2, 0.25) is 0 Å². The Hall–Kier alpha value is -0.770. The SMILES string of the molecule is CCC(C)CC(C)NC1CN(C(=O)OC(C)(C)C)C1. The van der Waals surface area contributed by atoms with Crippen molar-refractivity contribution in [3.8, 4) is 0 Å². The second-order valence-corrected chi connectivity index (χ2v) is 6.90. The van der Waals surface area contributed by atoms with E-state index in [1.54, 1.807) is 4.90 Å². The Morgan fingerprint density at radius 2 is 1.95 bits per heavy atom. The molecule has 0 aromatic carbocycles. The van der Waals surface area contributed by atoms with Crippen LogP contribution in [-0.4, -0.2) is 41.8 Å². The Morgan fingerprint density at radius 3 is 2.42 bits per heavy atom. The average molecular weight is 270 g/mol. The molecular weight excluding hydrogens is 240 g/mol. The number of nitrogens with one attached hydrogen (secondary N) is 1. The van der Waals surface area contributed by atoms with Crippen LogP contribution >= 0.6 is 0 Å². The fourth-order valence-electron chi connectivity index (χ4n) is 2.30. The summed E-state index contributed by atoms with van der Waals surface area (Å²) in [6, 6.07) is 0.937. The van der Waals surface area contributed by atoms with Crippen LogP contribution in [0.3, 0.4) is 0 Å². The molecule has 1 fully saturated rings. The Bertz CT molecular complexity index is 293. The largest absolute Gasteiger partial charge is 0.444 e. The predicted molar refractivity (Wildman–Crippen MR) is 78.3 cm³/mol. The highest BCUT2D eigenvalue weighted by Crippen LogP contribution is 2.17. The molecule has 1 amide bonds. The van der Waals surface area contributed by atoms with E-state index in [9.17, 15) is 4.79 Å². The van der Waals surface area contributed by atoms with Gasteiger partial charge in [0.2, 0.25) is 0 Å². The second kappa shape index (κ2) is 6.60. The lowest BCUT2D eigenvalue weighted by Gasteiger charge is -2.41. The first kappa shape index (κ1) is 16.3. The van der Waals surface area contributed by atoms with Crippen LogP contribution < -0.4 is 5.32 Å². The van der Waals surface area contributed by atoms with Gasteiger partial charge in [-0.3, -0.25) is 0 Å². The van der Waals surface area contributed by atoms with Crippen LogP contribution in [0, 0.1) is 5.92 Å². The van der Waals surface area contributed by atoms with E-state index in [4.69, 9.17) is 4.74 Å². The number of hydrogen-bond donors (Lipinski definition) is 1. The lowest BCUT2D eigenvalue weighted by Crippen LogP contribution is -2.62. The summed E-state index contributed by atoms with van der Waals surface area (Å²) in [6.45, 7) is 14.0. The van der Waals surface area contributed by atoms with Gasteiger partial charge in [0, 0.05) is 25.2 Å². The van der Waals surface area contributed by atoms with E-state index in [0.717, 1.165) is 19.0 Å². The average Bonchev–Trinajstić information content (AvgIpc) is 2.19. The fourth-order valence-corrected chi connectivity index (χ4v) is 2.30. The minimum atomic E-state index is -0.403. The van der Waals surface area contributed by atoms with Crippen LogP contribution in [0.25, 0.3) is 0 Å². The zero-order chi connectivity index (χ0) is 14.6. The highest BCUT2D eigenvalue weighted by atomic mass is 16.6. The molecule has 0 aromatic rings. The van der Waals surface area contributed by atoms with Gasteiger partial charge < -0.3 is 15.0 Å². The van der Waals surface area contributed by atoms with Gasteiger partial charge in [0.15, 0.2) is 0 Å². The van der Waals surface area contributed by atoms with Crippen LogP contribution in [0.4, 0.5) is 4.79 Å². The summed E-state index contributed by atoms with van der Waals surface area (Å²) in [5.41, 5.74) is -0.403. The van der Waals surface area contributed by atoms with Gasteiger partial charge in [0.25, 0.3) is 0 Å². The number of carbonyl (C=O) groups is 1. The predicted octanol–water partition coefficient (Wildman–Crippen LogP) is 3.02. The Morgan fingerprint density at radius 1 is 1.37 bits per heavy atom. The number of amides is 1. The molecule has 19 heavy (non-hydrogen) atoms. The number of hydrogen-bond acceptors (Lipinski definition) is 3. The molecule has 0 spiro atoms. The Kier molecular flexibility index (Phi) is 5.65. The second-order valence-electron chi connectivity index (χ2n) is 6.90. The number of likely N-dealkylation sites (tertiary alicyclic amines) is 1. The van der Waals surface area contributed by atoms with E-state index >= 15 is 0 Å². The van der Waals surface area contributed by atoms with E-state index in [0.29, 0.717) is 12.1 Å². The summed E-state index contributed by atoms with van der Waals surface area (Å²) in [5, 5.41) is 3.58. The van der Waals surface area contributed by atoms with Crippen LogP contribution in [0.1, 0.15) is 54.4 Å². The maximum Gasteiger partial charge on any atom is 0.410 e. The van der Waals surface area contributed by atoms with E-state index in [-0.39, 0.29) is 6.09 Å². The molecule has 1 heterocycles. The van der Waals surface area contributed by atoms with Crippen LogP contribution in [0.5, 0.6) is 0 Å². The first-order chi connectivity index (χ1) is 8.71. The standard InChI is InChI=1S/C15H30N2O2/c1-7-11(2)8-12(3)16-13-9-17(10-13)14(18)19-15(4,5)6/h11-13,16H,7-10H2,1-6H3. The van der Waals surface area contributed by atoms with Crippen molar-refractivity contribution in [2.75, 3.05) is 13.1 Å². The third-order valence-corrected chi connectivity index (χ3v) is 3.51. The molecule has 2 atom stereocenters. The normalized spacial score (nSPS) is 19.8. The molecule has 0 radical (unpaired) electrons. The molecule has 4 nitrogen and oxygen atoms in total. The highest BCUT2D eigenvalue weighted by Gasteiger charge is 2.34. The molecule has 0 aliphatic carbocycles. The van der Waals surface area contributed by atoms with E-state index in [1.165, 1.54) is 12.8 Å². The third kappa shape index (κ3) is 5.81. The summed E-state index contributed by atoms with van der Waals surface area (Å²) in [5.74, 6) is 0.754. The van der Waals surface area contributed by atoms with E-state index < -0.39 is 5.60 Å². The van der Waals surface area contributed by atoms with Crippen molar-refractivity contribution < 1.29 is 9.53 Å². The summed E-state index contributed by atoms with van der Waals surface area (Å²) >= 11 is 0. The molecule has 1 saturated heterocycles. The van der Waals surface area contributed by atoms with Gasteiger partial charge in [-0.15, -0.1) is 0 Å². The summed E-state index contributed by atoms with van der Waals surface area (Å²) < 4.78 is 5.34. The molecule has 0 bridgehead atoms. The van der Waals surface area contributed by atoms with Gasteiger partial charge in [-0.1, -0.05) is 20.3 Å². The van der Waals surface area contributed by atoms with Crippen molar-refractivity contribution in [3.63, 3.8) is 0 Å². The summed E-state index contributed by atoms with van der Waals surface area (Å²) in [7, 11) is 0. The van der Waals surface area contributed by atoms with Gasteiger partial charge in [-0.2, -0.15) is 0 Å². The molecule has 1 N–H and O–H groups in total. The molecular formula is C15H30N2O2. The Labute approximate surface area is 117 Å². The molecule has 4 heteroatoms. The molecule has 0 saturated carbocycles. The highest BCUT2D eigenvalue weighted by molar-refractivity contribution is 5.69. The zero-order valence-corrected chi connectivity index (χ0v) is 13.3. The van der Waals surface area contributed by atoms with Gasteiger partial charge in [-0.25, -0.2) is 4.79 Å². The maximum atomic E-state index is 11.8. The van der Waals surface area contributed by atoms with Crippen LogP contribution in [-0.2, 0) is 4.74 Å². The van der Waals surface area contributed by atoms with Gasteiger partial charge >= 0.3 is 6.09 Å². The first-order valence-electron chi connectivity index (χ1n) is 7.45. The third-order valence-electron chi connectivity index (χ3n) is 3.51. The quantitative estimate of drug-likeness (QED) is 0.835. The molecule has 1 aliphatic rings. The number of ether oxygens (including phenoxy) is 1. The zero-order valence-electron chi connectivity index (χ0n) is 13.3. The van der Waals surface area contributed by atoms with Gasteiger partial charge in [-0.05, 0) is 40.0 Å². The molecule has 112 valence electrons. The Balaban J connectivity index is 2.21. The maximum absolute atomic E-state index is 11.8. The smallest absolute Gasteiger partial charge is 0.410 e. The van der Waals surface area contributed by atoms with Crippen LogP contribution in [0.15, 0.2) is 0 Å². The molecule has 2 unspecified atom stereocenters. The van der Waals surface area contributed by atoms with Crippen molar-refractivity contribution in [1.82, 2.24) is 10.2 Å². The van der Waals surface area contributed by atoms with Gasteiger partial charge in [0.1, 0.15) is 5.60 Å². The minimum Gasteiger partial charge on any atom is -0.444 e. The lowest BCUT2D eigenvalue weighted by molar-refractivity contribution is 0.00409. The molecule has 0 aromatic heterocycles. The van der Waals surface area contributed by atoms with Crippen molar-refractivity contribution in [2.45, 2.75) is 72.1 Å². The van der Waals surface area contributed by atoms with Crippen molar-refractivity contribution in [2.24, 2.45) is 5.92 Å². The van der Waals surface area contributed by atoms with E-state index in [1.807, 2.05) is 20.8 Å². The van der Waals surface area contributed by atoms with Crippen molar-refractivity contribution >= 4 is 6.09 Å². The summed E-state index contributed by atoms with van der Waals surface area (Å²) in [4.78, 5) is 13.5. The number of nitrogens with zero attached hydrogens (tertiary/aromatic N) is 1.